The van der Waals surface area contributed by atoms with Gasteiger partial charge in [0.2, 0.25) is 0 Å². The third-order valence-electron chi connectivity index (χ3n) is 2.45. The maximum absolute atomic E-state index is 2.57. The van der Waals surface area contributed by atoms with Crippen LogP contribution in [0.25, 0.3) is 0 Å². The first-order valence-corrected chi connectivity index (χ1v) is 7.25. The molecule has 0 unspecified atom stereocenters. The zero-order valence-electron chi connectivity index (χ0n) is 7.56. The lowest BCUT2D eigenvalue weighted by Gasteiger charge is -2.18. The van der Waals surface area contributed by atoms with E-state index in [0.717, 1.165) is 5.92 Å². The van der Waals surface area contributed by atoms with Crippen LogP contribution in [0.4, 0.5) is 0 Å². The molecular weight excluding hydrogens is 139 g/mol. The molecule has 0 amide bonds. The lowest BCUT2D eigenvalue weighted by molar-refractivity contribution is 0.741. The van der Waals surface area contributed by atoms with E-state index in [1.54, 1.807) is 18.5 Å². The summed E-state index contributed by atoms with van der Waals surface area (Å²) in [6, 6.07) is 0. The highest BCUT2D eigenvalue weighted by Gasteiger charge is 2.35. The lowest BCUT2D eigenvalue weighted by atomic mass is 10.3. The zero-order chi connectivity index (χ0) is 7.61. The van der Waals surface area contributed by atoms with Crippen LogP contribution >= 0.6 is 7.26 Å². The molecule has 60 valence electrons. The lowest BCUT2D eigenvalue weighted by Crippen LogP contribution is -2.04. The van der Waals surface area contributed by atoms with Gasteiger partial charge in [-0.3, -0.25) is 0 Å². The number of hydrogen-bond donors (Lipinski definition) is 0. The van der Waals surface area contributed by atoms with Crippen molar-refractivity contribution in [1.82, 2.24) is 0 Å². The molecule has 0 aromatic carbocycles. The summed E-state index contributed by atoms with van der Waals surface area (Å²) in [5.74, 6) is 0.941. The molecule has 1 heteroatoms. The Morgan fingerprint density at radius 1 is 1.20 bits per heavy atom. The van der Waals surface area contributed by atoms with Crippen LogP contribution in [0.1, 0.15) is 26.7 Å². The molecule has 0 bridgehead atoms. The Morgan fingerprint density at radius 3 is 2.10 bits per heavy atom. The van der Waals surface area contributed by atoms with Crippen LogP contribution in [-0.4, -0.2) is 25.2 Å². The Labute approximate surface area is 65.7 Å². The summed E-state index contributed by atoms with van der Waals surface area (Å²) in [5.41, 5.74) is 0. The molecule has 1 saturated heterocycles. The summed E-state index contributed by atoms with van der Waals surface area (Å²) >= 11 is 0. The fraction of sp³-hybridized carbons (Fsp3) is 1.00. The highest BCUT2D eigenvalue weighted by atomic mass is 31.2. The molecule has 1 aliphatic heterocycles. The van der Waals surface area contributed by atoms with Gasteiger partial charge in [-0.25, -0.2) is 0 Å². The average molecular weight is 159 g/mol. The van der Waals surface area contributed by atoms with Crippen LogP contribution in [0.5, 0.6) is 0 Å². The third kappa shape index (κ3) is 2.23. The topological polar surface area (TPSA) is 0 Å². The summed E-state index contributed by atoms with van der Waals surface area (Å²) < 4.78 is 0. The maximum atomic E-state index is 2.57. The summed E-state index contributed by atoms with van der Waals surface area (Å²) in [5, 5.41) is 0. The van der Waals surface area contributed by atoms with Crippen LogP contribution < -0.4 is 0 Å². The quantitative estimate of drug-likeness (QED) is 0.543. The first kappa shape index (κ1) is 8.53. The number of rotatable bonds is 2. The van der Waals surface area contributed by atoms with Crippen LogP contribution in [-0.2, 0) is 0 Å². The fourth-order valence-electron chi connectivity index (χ4n) is 2.16. The van der Waals surface area contributed by atoms with E-state index in [1.807, 2.05) is 0 Å². The molecule has 1 heterocycles. The molecule has 0 radical (unpaired) electrons. The van der Waals surface area contributed by atoms with E-state index in [9.17, 15) is 0 Å². The largest absolute Gasteiger partial charge is 0.0614 e. The molecule has 10 heavy (non-hydrogen) atoms. The van der Waals surface area contributed by atoms with Gasteiger partial charge < -0.3 is 0 Å². The minimum Gasteiger partial charge on any atom is -0.0593 e. The maximum Gasteiger partial charge on any atom is 0.0614 e. The predicted molar refractivity (Wildman–Crippen MR) is 51.5 cm³/mol. The van der Waals surface area contributed by atoms with Crippen molar-refractivity contribution >= 4 is 7.26 Å². The van der Waals surface area contributed by atoms with Crippen molar-refractivity contribution in [2.45, 2.75) is 26.7 Å². The SMILES string of the molecule is CC(C)C[P+]1(C)CCCC1. The second-order valence-corrected chi connectivity index (χ2v) is 8.85. The molecule has 0 aromatic heterocycles. The minimum atomic E-state index is -0.376. The van der Waals surface area contributed by atoms with Gasteiger partial charge >= 0.3 is 0 Å². The van der Waals surface area contributed by atoms with E-state index in [2.05, 4.69) is 20.5 Å². The summed E-state index contributed by atoms with van der Waals surface area (Å²) in [4.78, 5) is 0. The fourth-order valence-corrected chi connectivity index (χ4v) is 6.49. The normalized spacial score (nSPS) is 24.0. The van der Waals surface area contributed by atoms with Crippen LogP contribution in [0, 0.1) is 5.92 Å². The van der Waals surface area contributed by atoms with Gasteiger partial charge in [0.25, 0.3) is 0 Å². The Morgan fingerprint density at radius 2 is 1.70 bits per heavy atom. The van der Waals surface area contributed by atoms with Crippen molar-refractivity contribution in [2.24, 2.45) is 5.92 Å². The molecule has 0 N–H and O–H groups in total. The predicted octanol–water partition coefficient (Wildman–Crippen LogP) is 3.08. The smallest absolute Gasteiger partial charge is 0.0593 e. The Kier molecular flexibility index (Phi) is 2.74. The van der Waals surface area contributed by atoms with Gasteiger partial charge in [-0.05, 0) is 18.8 Å². The molecule has 0 saturated carbocycles. The van der Waals surface area contributed by atoms with Gasteiger partial charge in [-0.2, -0.15) is 0 Å². The molecule has 0 nitrogen and oxygen atoms in total. The molecule has 1 fully saturated rings. The van der Waals surface area contributed by atoms with Crippen molar-refractivity contribution < 1.29 is 0 Å². The first-order valence-electron chi connectivity index (χ1n) is 4.46. The standard InChI is InChI=1S/C9H20P/c1-9(2)8-10(3)6-4-5-7-10/h9H,4-8H2,1-3H3/q+1. The molecular formula is C9H20P+. The van der Waals surface area contributed by atoms with Crippen molar-refractivity contribution in [3.05, 3.63) is 0 Å². The second kappa shape index (κ2) is 3.22. The minimum absolute atomic E-state index is 0.376. The molecule has 0 atom stereocenters. The van der Waals surface area contributed by atoms with Gasteiger partial charge in [0, 0.05) is 13.9 Å². The molecule has 1 aliphatic rings. The van der Waals surface area contributed by atoms with E-state index in [1.165, 1.54) is 12.8 Å². The highest BCUT2D eigenvalue weighted by Crippen LogP contribution is 2.61. The van der Waals surface area contributed by atoms with Crippen molar-refractivity contribution in [1.29, 1.82) is 0 Å². The number of hydrogen-bond acceptors (Lipinski definition) is 0. The van der Waals surface area contributed by atoms with Crippen LogP contribution in [0.15, 0.2) is 0 Å². The van der Waals surface area contributed by atoms with E-state index >= 15 is 0 Å². The van der Waals surface area contributed by atoms with E-state index < -0.39 is 0 Å². The van der Waals surface area contributed by atoms with Crippen LogP contribution in [0.2, 0.25) is 0 Å². The third-order valence-corrected chi connectivity index (χ3v) is 6.86. The Balaban J connectivity index is 2.36. The van der Waals surface area contributed by atoms with Gasteiger partial charge in [0.15, 0.2) is 0 Å². The summed E-state index contributed by atoms with van der Waals surface area (Å²) in [6.07, 6.45) is 7.78. The van der Waals surface area contributed by atoms with Gasteiger partial charge in [-0.1, -0.05) is 13.8 Å². The molecule has 0 spiro atoms. The van der Waals surface area contributed by atoms with E-state index in [4.69, 9.17) is 0 Å². The monoisotopic (exact) mass is 159 g/mol. The zero-order valence-corrected chi connectivity index (χ0v) is 8.45. The molecule has 0 aromatic rings. The average Bonchev–Trinajstić information content (AvgIpc) is 2.12. The first-order chi connectivity index (χ1) is 4.62. The summed E-state index contributed by atoms with van der Waals surface area (Å²) in [6.45, 7) is 7.30. The van der Waals surface area contributed by atoms with Crippen molar-refractivity contribution in [2.75, 3.05) is 25.2 Å². The highest BCUT2D eigenvalue weighted by molar-refractivity contribution is 7.75. The van der Waals surface area contributed by atoms with Gasteiger partial charge in [0.1, 0.15) is 0 Å². The van der Waals surface area contributed by atoms with E-state index in [-0.39, 0.29) is 7.26 Å². The molecule has 1 rings (SSSR count). The van der Waals surface area contributed by atoms with Gasteiger partial charge in [-0.15, -0.1) is 0 Å². The Bertz CT molecular complexity index is 101. The summed E-state index contributed by atoms with van der Waals surface area (Å²) in [7, 11) is -0.376. The van der Waals surface area contributed by atoms with Crippen LogP contribution in [0.3, 0.4) is 0 Å². The Hall–Kier alpha value is 0.430. The molecule has 0 aliphatic carbocycles. The van der Waals surface area contributed by atoms with Gasteiger partial charge in [0.05, 0.1) is 18.5 Å². The second-order valence-electron chi connectivity index (χ2n) is 4.35. The van der Waals surface area contributed by atoms with Crippen molar-refractivity contribution in [3.8, 4) is 0 Å². The van der Waals surface area contributed by atoms with Crippen molar-refractivity contribution in [3.63, 3.8) is 0 Å². The van der Waals surface area contributed by atoms with E-state index in [0.29, 0.717) is 0 Å².